The Morgan fingerprint density at radius 1 is 1.78 bits per heavy atom. The van der Waals surface area contributed by atoms with Crippen molar-refractivity contribution in [1.82, 2.24) is 0 Å². The first-order valence-corrected chi connectivity index (χ1v) is 2.93. The lowest BCUT2D eigenvalue weighted by atomic mass is 10.1. The minimum absolute atomic E-state index is 0.0511. The van der Waals surface area contributed by atoms with Gasteiger partial charge in [-0.1, -0.05) is 13.3 Å². The van der Waals surface area contributed by atoms with Gasteiger partial charge in [-0.3, -0.25) is 4.79 Å². The molecule has 0 rings (SSSR count). The standard InChI is InChI=1S/C6H12NO2/c1-2-3-5(7)4-6(8)9/h5H,1-4,7H2,(H,8,9)/t5-/m1/s1. The quantitative estimate of drug-likeness (QED) is 0.579. The molecule has 0 saturated heterocycles. The summed E-state index contributed by atoms with van der Waals surface area (Å²) in [5.74, 6) is -0.837. The molecule has 0 aliphatic heterocycles. The second-order valence-electron chi connectivity index (χ2n) is 2.00. The number of rotatable bonds is 4. The maximum atomic E-state index is 9.98. The molecule has 0 amide bonds. The van der Waals surface area contributed by atoms with E-state index in [1.165, 1.54) is 0 Å². The summed E-state index contributed by atoms with van der Waals surface area (Å²) in [5, 5.41) is 8.21. The number of hydrogen-bond acceptors (Lipinski definition) is 2. The Balaban J connectivity index is 3.26. The second kappa shape index (κ2) is 4.32. The van der Waals surface area contributed by atoms with Crippen LogP contribution in [0.5, 0.6) is 0 Å². The van der Waals surface area contributed by atoms with Crippen LogP contribution >= 0.6 is 0 Å². The van der Waals surface area contributed by atoms with Gasteiger partial charge in [-0.15, -0.1) is 0 Å². The number of hydrogen-bond donors (Lipinski definition) is 2. The zero-order valence-corrected chi connectivity index (χ0v) is 5.34. The lowest BCUT2D eigenvalue weighted by molar-refractivity contribution is -0.137. The van der Waals surface area contributed by atoms with Crippen LogP contribution in [-0.4, -0.2) is 17.1 Å². The topological polar surface area (TPSA) is 63.3 Å². The summed E-state index contributed by atoms with van der Waals surface area (Å²) in [7, 11) is 0. The Morgan fingerprint density at radius 3 is 2.67 bits per heavy atom. The van der Waals surface area contributed by atoms with Crippen molar-refractivity contribution in [2.45, 2.75) is 25.3 Å². The van der Waals surface area contributed by atoms with Gasteiger partial charge in [0.1, 0.15) is 0 Å². The molecule has 3 nitrogen and oxygen atoms in total. The average Bonchev–Trinajstić information content (AvgIpc) is 1.63. The summed E-state index contributed by atoms with van der Waals surface area (Å²) in [6, 6.07) is -0.222. The molecule has 0 aromatic heterocycles. The third-order valence-electron chi connectivity index (χ3n) is 1.01. The summed E-state index contributed by atoms with van der Waals surface area (Å²) in [4.78, 5) is 9.98. The van der Waals surface area contributed by atoms with Gasteiger partial charge < -0.3 is 10.8 Å². The van der Waals surface area contributed by atoms with Gasteiger partial charge in [0.25, 0.3) is 0 Å². The van der Waals surface area contributed by atoms with E-state index in [1.54, 1.807) is 0 Å². The SMILES string of the molecule is [CH2]CC[C@@H](N)CC(=O)O. The molecule has 53 valence electrons. The van der Waals surface area contributed by atoms with Crippen LogP contribution in [0.1, 0.15) is 19.3 Å². The van der Waals surface area contributed by atoms with E-state index in [1.807, 2.05) is 0 Å². The molecule has 0 fully saturated rings. The Labute approximate surface area is 54.9 Å². The fraction of sp³-hybridized carbons (Fsp3) is 0.667. The molecule has 0 unspecified atom stereocenters. The monoisotopic (exact) mass is 130 g/mol. The maximum Gasteiger partial charge on any atom is 0.304 e. The highest BCUT2D eigenvalue weighted by atomic mass is 16.4. The van der Waals surface area contributed by atoms with Crippen molar-refractivity contribution in [3.05, 3.63) is 6.92 Å². The highest BCUT2D eigenvalue weighted by Crippen LogP contribution is 1.96. The Bertz CT molecular complexity index is 93.1. The summed E-state index contributed by atoms with van der Waals surface area (Å²) < 4.78 is 0. The normalized spacial score (nSPS) is 13.1. The number of aliphatic carboxylic acids is 1. The molecule has 3 heteroatoms. The van der Waals surface area contributed by atoms with E-state index in [4.69, 9.17) is 10.8 Å². The zero-order chi connectivity index (χ0) is 7.28. The zero-order valence-electron chi connectivity index (χ0n) is 5.34. The minimum atomic E-state index is -0.837. The van der Waals surface area contributed by atoms with E-state index in [0.29, 0.717) is 12.8 Å². The van der Waals surface area contributed by atoms with Crippen molar-refractivity contribution in [3.8, 4) is 0 Å². The predicted octanol–water partition coefficient (Wildman–Crippen LogP) is 0.403. The van der Waals surface area contributed by atoms with Crippen molar-refractivity contribution in [3.63, 3.8) is 0 Å². The third-order valence-corrected chi connectivity index (χ3v) is 1.01. The van der Waals surface area contributed by atoms with Crippen molar-refractivity contribution in [1.29, 1.82) is 0 Å². The van der Waals surface area contributed by atoms with Crippen LogP contribution in [-0.2, 0) is 4.79 Å². The smallest absolute Gasteiger partial charge is 0.304 e. The van der Waals surface area contributed by atoms with Gasteiger partial charge in [0.05, 0.1) is 6.42 Å². The van der Waals surface area contributed by atoms with Gasteiger partial charge in [0.15, 0.2) is 0 Å². The Hall–Kier alpha value is -0.570. The molecule has 0 aromatic carbocycles. The molecule has 0 spiro atoms. The molecule has 0 aromatic rings. The van der Waals surface area contributed by atoms with Gasteiger partial charge >= 0.3 is 5.97 Å². The Morgan fingerprint density at radius 2 is 2.33 bits per heavy atom. The van der Waals surface area contributed by atoms with Crippen LogP contribution in [0.4, 0.5) is 0 Å². The van der Waals surface area contributed by atoms with E-state index in [0.717, 1.165) is 0 Å². The van der Waals surface area contributed by atoms with Gasteiger partial charge in [-0.2, -0.15) is 0 Å². The average molecular weight is 130 g/mol. The van der Waals surface area contributed by atoms with Gasteiger partial charge in [0.2, 0.25) is 0 Å². The molecule has 1 atom stereocenters. The first-order chi connectivity index (χ1) is 4.16. The molecule has 3 N–H and O–H groups in total. The van der Waals surface area contributed by atoms with Crippen molar-refractivity contribution in [2.24, 2.45) is 5.73 Å². The lowest BCUT2D eigenvalue weighted by Gasteiger charge is -2.04. The highest BCUT2D eigenvalue weighted by molar-refractivity contribution is 5.67. The first kappa shape index (κ1) is 8.43. The van der Waals surface area contributed by atoms with Crippen LogP contribution in [0.15, 0.2) is 0 Å². The Kier molecular flexibility index (Phi) is 4.05. The van der Waals surface area contributed by atoms with Crippen molar-refractivity contribution < 1.29 is 9.90 Å². The molecule has 0 aliphatic carbocycles. The van der Waals surface area contributed by atoms with E-state index in [-0.39, 0.29) is 12.5 Å². The van der Waals surface area contributed by atoms with Crippen LogP contribution in [0.3, 0.4) is 0 Å². The fourth-order valence-electron chi connectivity index (χ4n) is 0.589. The van der Waals surface area contributed by atoms with Crippen LogP contribution in [0.25, 0.3) is 0 Å². The molecular formula is C6H12NO2. The largest absolute Gasteiger partial charge is 0.481 e. The summed E-state index contributed by atoms with van der Waals surface area (Å²) in [6.07, 6.45) is 1.44. The molecule has 0 heterocycles. The number of carboxylic acids is 1. The maximum absolute atomic E-state index is 9.98. The van der Waals surface area contributed by atoms with Crippen LogP contribution in [0, 0.1) is 6.92 Å². The molecular weight excluding hydrogens is 118 g/mol. The molecule has 0 bridgehead atoms. The van der Waals surface area contributed by atoms with Crippen LogP contribution < -0.4 is 5.73 Å². The van der Waals surface area contributed by atoms with Gasteiger partial charge in [0, 0.05) is 6.04 Å². The number of carboxylic acid groups (broad SMARTS) is 1. The number of carbonyl (C=O) groups is 1. The molecule has 0 aliphatic rings. The first-order valence-electron chi connectivity index (χ1n) is 2.93. The summed E-state index contributed by atoms with van der Waals surface area (Å²) >= 11 is 0. The number of nitrogens with two attached hydrogens (primary N) is 1. The second-order valence-corrected chi connectivity index (χ2v) is 2.00. The van der Waals surface area contributed by atoms with E-state index >= 15 is 0 Å². The molecule has 9 heavy (non-hydrogen) atoms. The summed E-state index contributed by atoms with van der Waals surface area (Å²) in [6.45, 7) is 3.56. The van der Waals surface area contributed by atoms with E-state index in [2.05, 4.69) is 6.92 Å². The van der Waals surface area contributed by atoms with E-state index < -0.39 is 5.97 Å². The highest BCUT2D eigenvalue weighted by Gasteiger charge is 2.04. The van der Waals surface area contributed by atoms with E-state index in [9.17, 15) is 4.79 Å². The fourth-order valence-corrected chi connectivity index (χ4v) is 0.589. The van der Waals surface area contributed by atoms with Gasteiger partial charge in [-0.25, -0.2) is 0 Å². The van der Waals surface area contributed by atoms with Crippen molar-refractivity contribution >= 4 is 5.97 Å². The third kappa shape index (κ3) is 5.30. The molecule has 0 saturated carbocycles. The van der Waals surface area contributed by atoms with Crippen LogP contribution in [0.2, 0.25) is 0 Å². The lowest BCUT2D eigenvalue weighted by Crippen LogP contribution is -2.23. The minimum Gasteiger partial charge on any atom is -0.481 e. The van der Waals surface area contributed by atoms with Crippen molar-refractivity contribution in [2.75, 3.05) is 0 Å². The molecule has 1 radical (unpaired) electrons. The van der Waals surface area contributed by atoms with Gasteiger partial charge in [-0.05, 0) is 6.42 Å². The summed E-state index contributed by atoms with van der Waals surface area (Å²) in [5.41, 5.74) is 5.36. The predicted molar refractivity (Wildman–Crippen MR) is 34.8 cm³/mol.